The van der Waals surface area contributed by atoms with E-state index in [0.717, 1.165) is 17.7 Å². The molecule has 0 spiro atoms. The third kappa shape index (κ3) is 3.17. The zero-order valence-corrected chi connectivity index (χ0v) is 12.0. The summed E-state index contributed by atoms with van der Waals surface area (Å²) in [5, 5.41) is 0. The Morgan fingerprint density at radius 3 is 2.40 bits per heavy atom. The molecule has 0 aliphatic heterocycles. The lowest BCUT2D eigenvalue weighted by atomic mass is 10.0. The molecule has 0 fully saturated rings. The minimum atomic E-state index is -0.230. The fourth-order valence-corrected chi connectivity index (χ4v) is 2.37. The summed E-state index contributed by atoms with van der Waals surface area (Å²) in [7, 11) is 1.94. The largest absolute Gasteiger partial charge is 0.366 e. The lowest BCUT2D eigenvalue weighted by molar-refractivity contribution is 0.623. The van der Waals surface area contributed by atoms with E-state index in [4.69, 9.17) is 5.73 Å². The van der Waals surface area contributed by atoms with Gasteiger partial charge >= 0.3 is 0 Å². The summed E-state index contributed by atoms with van der Waals surface area (Å²) in [4.78, 5) is 2.02. The molecule has 2 aromatic rings. The number of nitrogens with zero attached hydrogens (tertiary/aromatic N) is 1. The highest BCUT2D eigenvalue weighted by molar-refractivity contribution is 5.48. The summed E-state index contributed by atoms with van der Waals surface area (Å²) in [6.07, 6.45) is 1.02. The van der Waals surface area contributed by atoms with Gasteiger partial charge in [0.2, 0.25) is 0 Å². The third-order valence-corrected chi connectivity index (χ3v) is 3.68. The molecule has 3 heteroatoms. The van der Waals surface area contributed by atoms with Crippen LogP contribution in [0.5, 0.6) is 0 Å². The summed E-state index contributed by atoms with van der Waals surface area (Å²) < 4.78 is 13.3. The zero-order valence-electron chi connectivity index (χ0n) is 12.0. The molecule has 0 aliphatic rings. The van der Waals surface area contributed by atoms with Gasteiger partial charge in [0.25, 0.3) is 0 Å². The van der Waals surface area contributed by atoms with E-state index in [1.807, 2.05) is 18.0 Å². The Hall–Kier alpha value is -1.87. The second-order valence-electron chi connectivity index (χ2n) is 4.94. The van der Waals surface area contributed by atoms with Gasteiger partial charge in [-0.25, -0.2) is 4.39 Å². The maximum Gasteiger partial charge on any atom is 0.125 e. The van der Waals surface area contributed by atoms with Crippen LogP contribution in [0.25, 0.3) is 0 Å². The summed E-state index contributed by atoms with van der Waals surface area (Å²) in [5.74, 6) is -0.230. The Bertz CT molecular complexity index is 551. The average Bonchev–Trinajstić information content (AvgIpc) is 2.48. The molecule has 1 unspecified atom stereocenters. The third-order valence-electron chi connectivity index (χ3n) is 3.68. The Labute approximate surface area is 120 Å². The van der Waals surface area contributed by atoms with Crippen molar-refractivity contribution in [3.8, 4) is 0 Å². The van der Waals surface area contributed by atoms with E-state index in [1.54, 1.807) is 6.07 Å². The number of halogens is 1. The lowest BCUT2D eigenvalue weighted by Gasteiger charge is -2.29. The van der Waals surface area contributed by atoms with Gasteiger partial charge in [0, 0.05) is 19.3 Å². The number of hydrogen-bond donors (Lipinski definition) is 1. The van der Waals surface area contributed by atoms with Gasteiger partial charge in [-0.2, -0.15) is 0 Å². The molecular formula is C17H21FN2. The van der Waals surface area contributed by atoms with Crippen LogP contribution < -0.4 is 10.6 Å². The standard InChI is InChI=1S/C17H21FN2/c1-3-13-7-9-14(10-8-13)17(12-19)20(2)16-6-4-5-15(18)11-16/h4-11,17H,3,12,19H2,1-2H3. The zero-order chi connectivity index (χ0) is 14.5. The maximum atomic E-state index is 13.3. The molecule has 0 bridgehead atoms. The van der Waals surface area contributed by atoms with E-state index in [2.05, 4.69) is 31.2 Å². The first-order valence-electron chi connectivity index (χ1n) is 6.93. The Kier molecular flexibility index (Phi) is 4.74. The molecular weight excluding hydrogens is 251 g/mol. The van der Waals surface area contributed by atoms with Gasteiger partial charge < -0.3 is 10.6 Å². The molecule has 0 amide bonds. The molecule has 0 aliphatic carbocycles. The number of likely N-dealkylation sites (N-methyl/N-ethyl adjacent to an activating group) is 1. The topological polar surface area (TPSA) is 29.3 Å². The van der Waals surface area contributed by atoms with Crippen LogP contribution in [0.4, 0.5) is 10.1 Å². The number of rotatable bonds is 5. The SMILES string of the molecule is CCc1ccc(C(CN)N(C)c2cccc(F)c2)cc1. The molecule has 0 saturated carbocycles. The monoisotopic (exact) mass is 272 g/mol. The van der Waals surface area contributed by atoms with E-state index in [9.17, 15) is 4.39 Å². The second kappa shape index (κ2) is 6.53. The number of nitrogens with two attached hydrogens (primary N) is 1. The summed E-state index contributed by atoms with van der Waals surface area (Å²) >= 11 is 0. The van der Waals surface area contributed by atoms with Gasteiger partial charge in [-0.3, -0.25) is 0 Å². The molecule has 2 nitrogen and oxygen atoms in total. The highest BCUT2D eigenvalue weighted by Crippen LogP contribution is 2.25. The van der Waals surface area contributed by atoms with Crippen LogP contribution in [-0.2, 0) is 6.42 Å². The molecule has 2 N–H and O–H groups in total. The van der Waals surface area contributed by atoms with Gasteiger partial charge in [0.15, 0.2) is 0 Å². The second-order valence-corrected chi connectivity index (χ2v) is 4.94. The normalized spacial score (nSPS) is 12.2. The molecule has 2 rings (SSSR count). The van der Waals surface area contributed by atoms with Crippen molar-refractivity contribution in [1.82, 2.24) is 0 Å². The summed E-state index contributed by atoms with van der Waals surface area (Å²) in [6, 6.07) is 15.1. The highest BCUT2D eigenvalue weighted by atomic mass is 19.1. The van der Waals surface area contributed by atoms with Crippen molar-refractivity contribution in [2.24, 2.45) is 5.73 Å². The lowest BCUT2D eigenvalue weighted by Crippen LogP contribution is -2.30. The molecule has 0 aromatic heterocycles. The van der Waals surface area contributed by atoms with Crippen molar-refractivity contribution in [3.05, 3.63) is 65.5 Å². The Morgan fingerprint density at radius 2 is 1.85 bits per heavy atom. The van der Waals surface area contributed by atoms with E-state index in [0.29, 0.717) is 6.54 Å². The van der Waals surface area contributed by atoms with Crippen molar-refractivity contribution in [2.75, 3.05) is 18.5 Å². The molecule has 106 valence electrons. The van der Waals surface area contributed by atoms with E-state index >= 15 is 0 Å². The number of hydrogen-bond acceptors (Lipinski definition) is 2. The van der Waals surface area contributed by atoms with E-state index < -0.39 is 0 Å². The predicted molar refractivity (Wildman–Crippen MR) is 82.4 cm³/mol. The van der Waals surface area contributed by atoms with E-state index in [1.165, 1.54) is 17.7 Å². The minimum absolute atomic E-state index is 0.0442. The van der Waals surface area contributed by atoms with Crippen molar-refractivity contribution < 1.29 is 4.39 Å². The van der Waals surface area contributed by atoms with Gasteiger partial charge in [0.05, 0.1) is 6.04 Å². The average molecular weight is 272 g/mol. The smallest absolute Gasteiger partial charge is 0.125 e. The fraction of sp³-hybridized carbons (Fsp3) is 0.294. The fourth-order valence-electron chi connectivity index (χ4n) is 2.37. The van der Waals surface area contributed by atoms with Crippen LogP contribution in [0.2, 0.25) is 0 Å². The van der Waals surface area contributed by atoms with Gasteiger partial charge in [-0.15, -0.1) is 0 Å². The van der Waals surface area contributed by atoms with Crippen LogP contribution in [0, 0.1) is 5.82 Å². The molecule has 2 aromatic carbocycles. The molecule has 0 radical (unpaired) electrons. The molecule has 1 atom stereocenters. The van der Waals surface area contributed by atoms with Crippen LogP contribution in [0.1, 0.15) is 24.1 Å². The first-order chi connectivity index (χ1) is 9.65. The van der Waals surface area contributed by atoms with Crippen LogP contribution in [-0.4, -0.2) is 13.6 Å². The van der Waals surface area contributed by atoms with Crippen molar-refractivity contribution in [2.45, 2.75) is 19.4 Å². The summed E-state index contributed by atoms with van der Waals surface area (Å²) in [6.45, 7) is 2.62. The Morgan fingerprint density at radius 1 is 1.15 bits per heavy atom. The van der Waals surface area contributed by atoms with E-state index in [-0.39, 0.29) is 11.9 Å². The minimum Gasteiger partial charge on any atom is -0.366 e. The molecule has 20 heavy (non-hydrogen) atoms. The van der Waals surface area contributed by atoms with Crippen LogP contribution in [0.15, 0.2) is 48.5 Å². The molecule has 0 saturated heterocycles. The van der Waals surface area contributed by atoms with Crippen molar-refractivity contribution in [1.29, 1.82) is 0 Å². The Balaban J connectivity index is 2.26. The van der Waals surface area contributed by atoms with Crippen LogP contribution in [0.3, 0.4) is 0 Å². The maximum absolute atomic E-state index is 13.3. The van der Waals surface area contributed by atoms with Gasteiger partial charge in [0.1, 0.15) is 5.82 Å². The first kappa shape index (κ1) is 14.5. The predicted octanol–water partition coefficient (Wildman–Crippen LogP) is 3.52. The molecule has 0 heterocycles. The van der Waals surface area contributed by atoms with Crippen LogP contribution >= 0.6 is 0 Å². The number of benzene rings is 2. The van der Waals surface area contributed by atoms with Gasteiger partial charge in [-0.1, -0.05) is 37.3 Å². The number of anilines is 1. The van der Waals surface area contributed by atoms with Gasteiger partial charge in [-0.05, 0) is 35.7 Å². The quantitative estimate of drug-likeness (QED) is 0.902. The highest BCUT2D eigenvalue weighted by Gasteiger charge is 2.16. The van der Waals surface area contributed by atoms with Crippen molar-refractivity contribution in [3.63, 3.8) is 0 Å². The van der Waals surface area contributed by atoms with Crippen molar-refractivity contribution >= 4 is 5.69 Å². The first-order valence-corrected chi connectivity index (χ1v) is 6.93. The summed E-state index contributed by atoms with van der Waals surface area (Å²) in [5.41, 5.74) is 9.20. The number of aryl methyl sites for hydroxylation is 1.